The van der Waals surface area contributed by atoms with E-state index < -0.39 is 0 Å². The quantitative estimate of drug-likeness (QED) is 0.452. The van der Waals surface area contributed by atoms with Gasteiger partial charge in [0.15, 0.2) is 0 Å². The minimum Gasteiger partial charge on any atom is -0.323 e. The number of benzene rings is 3. The molecule has 0 radical (unpaired) electrons. The van der Waals surface area contributed by atoms with E-state index in [1.807, 2.05) is 54.3 Å². The third-order valence-electron chi connectivity index (χ3n) is 6.10. The molecule has 0 bridgehead atoms. The van der Waals surface area contributed by atoms with Gasteiger partial charge >= 0.3 is 0 Å². The Morgan fingerprint density at radius 3 is 2.61 bits per heavy atom. The molecule has 2 heterocycles. The average Bonchev–Trinajstić information content (AvgIpc) is 3.30. The van der Waals surface area contributed by atoms with Crippen LogP contribution in [0.3, 0.4) is 0 Å². The lowest BCUT2D eigenvalue weighted by Crippen LogP contribution is -2.25. The molecule has 5 rings (SSSR count). The lowest BCUT2D eigenvalue weighted by Gasteiger charge is -2.20. The fraction of sp³-hybridized carbons (Fsp3) is 0.231. The standard InChI is InChI=1S/C26H24FN3O/c1-17-11-12-23(18(2)13-17)29-16-20(14-25(29)31)26-28-22-9-5-6-10-24(22)30(26)15-19-7-3-4-8-21(19)27/h3-13,20H,14-16H2,1-2H3/t20-/m1/s1. The molecule has 0 N–H and O–H groups in total. The number of hydrogen-bond donors (Lipinski definition) is 0. The van der Waals surface area contributed by atoms with Gasteiger partial charge in [-0.3, -0.25) is 4.79 Å². The van der Waals surface area contributed by atoms with E-state index in [-0.39, 0.29) is 17.6 Å². The number of amides is 1. The SMILES string of the molecule is Cc1ccc(N2C[C@H](c3nc4ccccc4n3Cc3ccccc3F)CC2=O)c(C)c1. The maximum atomic E-state index is 14.4. The number of carbonyl (C=O) groups excluding carboxylic acids is 1. The molecule has 31 heavy (non-hydrogen) atoms. The number of halogens is 1. The van der Waals surface area contributed by atoms with Gasteiger partial charge in [0.05, 0.1) is 17.6 Å². The van der Waals surface area contributed by atoms with Crippen molar-refractivity contribution < 1.29 is 9.18 Å². The molecule has 1 saturated heterocycles. The van der Waals surface area contributed by atoms with Crippen molar-refractivity contribution in [2.24, 2.45) is 0 Å². The first-order valence-electron chi connectivity index (χ1n) is 10.6. The van der Waals surface area contributed by atoms with Gasteiger partial charge in [0.25, 0.3) is 0 Å². The number of imidazole rings is 1. The summed E-state index contributed by atoms with van der Waals surface area (Å²) in [5, 5.41) is 0. The topological polar surface area (TPSA) is 38.1 Å². The van der Waals surface area contributed by atoms with Gasteiger partial charge in [-0.2, -0.15) is 0 Å². The fourth-order valence-electron chi connectivity index (χ4n) is 4.59. The van der Waals surface area contributed by atoms with E-state index in [1.165, 1.54) is 11.6 Å². The number of aryl methyl sites for hydroxylation is 2. The van der Waals surface area contributed by atoms with Crippen molar-refractivity contribution in [2.45, 2.75) is 32.7 Å². The molecule has 1 aromatic heterocycles. The molecule has 156 valence electrons. The third-order valence-corrected chi connectivity index (χ3v) is 6.10. The summed E-state index contributed by atoms with van der Waals surface area (Å²) in [6, 6.07) is 20.9. The Labute approximate surface area is 181 Å². The summed E-state index contributed by atoms with van der Waals surface area (Å²) in [6.07, 6.45) is 0.397. The van der Waals surface area contributed by atoms with Crippen molar-refractivity contribution in [1.82, 2.24) is 9.55 Å². The molecule has 0 aliphatic carbocycles. The summed E-state index contributed by atoms with van der Waals surface area (Å²) < 4.78 is 16.5. The Morgan fingerprint density at radius 1 is 1.03 bits per heavy atom. The molecule has 5 heteroatoms. The number of nitrogens with zero attached hydrogens (tertiary/aromatic N) is 3. The maximum Gasteiger partial charge on any atom is 0.227 e. The minimum absolute atomic E-state index is 0.0487. The van der Waals surface area contributed by atoms with Gasteiger partial charge in [-0.15, -0.1) is 0 Å². The van der Waals surface area contributed by atoms with Crippen LogP contribution in [0.15, 0.2) is 66.7 Å². The van der Waals surface area contributed by atoms with E-state index in [2.05, 4.69) is 17.6 Å². The minimum atomic E-state index is -0.231. The second-order valence-corrected chi connectivity index (χ2v) is 8.33. The Bertz CT molecular complexity index is 1290. The predicted molar refractivity (Wildman–Crippen MR) is 121 cm³/mol. The number of rotatable bonds is 4. The highest BCUT2D eigenvalue weighted by molar-refractivity contribution is 5.97. The number of anilines is 1. The lowest BCUT2D eigenvalue weighted by molar-refractivity contribution is -0.117. The average molecular weight is 413 g/mol. The first kappa shape index (κ1) is 19.5. The second kappa shape index (κ2) is 7.65. The van der Waals surface area contributed by atoms with E-state index in [0.717, 1.165) is 28.1 Å². The highest BCUT2D eigenvalue weighted by Crippen LogP contribution is 2.35. The van der Waals surface area contributed by atoms with Crippen LogP contribution in [0.1, 0.15) is 34.9 Å². The van der Waals surface area contributed by atoms with Gasteiger partial charge in [-0.05, 0) is 43.7 Å². The van der Waals surface area contributed by atoms with Crippen LogP contribution in [-0.2, 0) is 11.3 Å². The first-order chi connectivity index (χ1) is 15.0. The summed E-state index contributed by atoms with van der Waals surface area (Å²) in [7, 11) is 0. The molecule has 0 spiro atoms. The van der Waals surface area contributed by atoms with Crippen LogP contribution in [0.4, 0.5) is 10.1 Å². The van der Waals surface area contributed by atoms with E-state index in [4.69, 9.17) is 4.98 Å². The molecule has 1 atom stereocenters. The summed E-state index contributed by atoms with van der Waals surface area (Å²) in [6.45, 7) is 5.05. The molecular weight excluding hydrogens is 389 g/mol. The van der Waals surface area contributed by atoms with Crippen LogP contribution in [0.25, 0.3) is 11.0 Å². The van der Waals surface area contributed by atoms with E-state index in [0.29, 0.717) is 25.1 Å². The summed E-state index contributed by atoms with van der Waals surface area (Å²) in [4.78, 5) is 19.7. The molecule has 1 aliphatic rings. The molecule has 0 unspecified atom stereocenters. The summed E-state index contributed by atoms with van der Waals surface area (Å²) in [5.74, 6) is 0.657. The van der Waals surface area contributed by atoms with Gasteiger partial charge in [0.1, 0.15) is 11.6 Å². The van der Waals surface area contributed by atoms with Crippen LogP contribution in [0.2, 0.25) is 0 Å². The number of aromatic nitrogens is 2. The van der Waals surface area contributed by atoms with E-state index >= 15 is 0 Å². The third kappa shape index (κ3) is 3.50. The van der Waals surface area contributed by atoms with Crippen LogP contribution >= 0.6 is 0 Å². The largest absolute Gasteiger partial charge is 0.323 e. The molecule has 0 saturated carbocycles. The molecule has 1 amide bonds. The van der Waals surface area contributed by atoms with E-state index in [9.17, 15) is 9.18 Å². The van der Waals surface area contributed by atoms with Crippen molar-refractivity contribution in [3.63, 3.8) is 0 Å². The molecule has 4 aromatic rings. The zero-order valence-electron chi connectivity index (χ0n) is 17.7. The van der Waals surface area contributed by atoms with Crippen LogP contribution in [-0.4, -0.2) is 22.0 Å². The normalized spacial score (nSPS) is 16.4. The lowest BCUT2D eigenvalue weighted by atomic mass is 10.1. The smallest absolute Gasteiger partial charge is 0.227 e. The zero-order valence-corrected chi connectivity index (χ0v) is 17.7. The number of fused-ring (bicyclic) bond motifs is 1. The number of hydrogen-bond acceptors (Lipinski definition) is 2. The first-order valence-corrected chi connectivity index (χ1v) is 10.6. The number of para-hydroxylation sites is 2. The summed E-state index contributed by atoms with van der Waals surface area (Å²) >= 11 is 0. The molecule has 4 nitrogen and oxygen atoms in total. The monoisotopic (exact) mass is 413 g/mol. The van der Waals surface area contributed by atoms with Crippen LogP contribution in [0, 0.1) is 19.7 Å². The second-order valence-electron chi connectivity index (χ2n) is 8.33. The van der Waals surface area contributed by atoms with Crippen molar-refractivity contribution in [1.29, 1.82) is 0 Å². The van der Waals surface area contributed by atoms with Crippen molar-refractivity contribution in [3.05, 3.63) is 95.1 Å². The Hall–Kier alpha value is -3.47. The molecule has 3 aromatic carbocycles. The van der Waals surface area contributed by atoms with Gasteiger partial charge in [-0.1, -0.05) is 48.0 Å². The van der Waals surface area contributed by atoms with Crippen molar-refractivity contribution in [2.75, 3.05) is 11.4 Å². The predicted octanol–water partition coefficient (Wildman–Crippen LogP) is 5.36. The van der Waals surface area contributed by atoms with Gasteiger partial charge in [0.2, 0.25) is 5.91 Å². The van der Waals surface area contributed by atoms with E-state index in [1.54, 1.807) is 12.1 Å². The van der Waals surface area contributed by atoms with Gasteiger partial charge in [0, 0.05) is 30.1 Å². The van der Waals surface area contributed by atoms with Crippen molar-refractivity contribution >= 4 is 22.6 Å². The van der Waals surface area contributed by atoms with Crippen molar-refractivity contribution in [3.8, 4) is 0 Å². The highest BCUT2D eigenvalue weighted by atomic mass is 19.1. The maximum absolute atomic E-state index is 14.4. The van der Waals surface area contributed by atoms with Gasteiger partial charge in [-0.25, -0.2) is 9.37 Å². The van der Waals surface area contributed by atoms with Crippen LogP contribution < -0.4 is 4.90 Å². The highest BCUT2D eigenvalue weighted by Gasteiger charge is 2.35. The fourth-order valence-corrected chi connectivity index (χ4v) is 4.59. The molecule has 1 aliphatic heterocycles. The number of carbonyl (C=O) groups is 1. The zero-order chi connectivity index (χ0) is 21.5. The molecular formula is C26H24FN3O. The van der Waals surface area contributed by atoms with Crippen LogP contribution in [0.5, 0.6) is 0 Å². The Morgan fingerprint density at radius 2 is 1.81 bits per heavy atom. The molecule has 1 fully saturated rings. The van der Waals surface area contributed by atoms with Gasteiger partial charge < -0.3 is 9.47 Å². The summed E-state index contributed by atoms with van der Waals surface area (Å²) in [5.41, 5.74) is 5.66. The Balaban J connectivity index is 1.54. The Kier molecular flexibility index (Phi) is 4.81.